The van der Waals surface area contributed by atoms with Crippen LogP contribution in [-0.2, 0) is 6.42 Å². The molecule has 2 aromatic rings. The molecule has 1 aliphatic carbocycles. The van der Waals surface area contributed by atoms with E-state index in [2.05, 4.69) is 20.9 Å². The van der Waals surface area contributed by atoms with E-state index in [1.165, 1.54) is 17.4 Å². The average Bonchev–Trinajstić information content (AvgIpc) is 2.71. The molecule has 0 saturated heterocycles. The van der Waals surface area contributed by atoms with Gasteiger partial charge in [-0.1, -0.05) is 18.2 Å². The Morgan fingerprint density at radius 2 is 2.11 bits per heavy atom. The summed E-state index contributed by atoms with van der Waals surface area (Å²) in [5.74, 6) is -0.277. The fourth-order valence-electron chi connectivity index (χ4n) is 2.33. The van der Waals surface area contributed by atoms with Gasteiger partial charge in [-0.2, -0.15) is 0 Å². The highest BCUT2D eigenvalue weighted by atomic mass is 79.9. The molecule has 0 radical (unpaired) electrons. The maximum Gasteiger partial charge on any atom is 0.175 e. The van der Waals surface area contributed by atoms with Crippen molar-refractivity contribution in [2.45, 2.75) is 18.8 Å². The molecule has 2 nitrogen and oxygen atoms in total. The van der Waals surface area contributed by atoms with Gasteiger partial charge in [0, 0.05) is 6.42 Å². The number of hydrogen-bond donors (Lipinski definition) is 0. The van der Waals surface area contributed by atoms with Crippen LogP contribution in [0.2, 0.25) is 0 Å². The van der Waals surface area contributed by atoms with E-state index in [-0.39, 0.29) is 17.5 Å². The molecule has 1 atom stereocenters. The van der Waals surface area contributed by atoms with Gasteiger partial charge in [0.2, 0.25) is 0 Å². The molecule has 0 N–H and O–H groups in total. The van der Waals surface area contributed by atoms with Gasteiger partial charge in [0.1, 0.15) is 5.82 Å². The van der Waals surface area contributed by atoms with Crippen LogP contribution in [0.5, 0.6) is 0 Å². The molecule has 0 fully saturated rings. The Balaban J connectivity index is 1.99. The van der Waals surface area contributed by atoms with Gasteiger partial charge in [-0.3, -0.25) is 4.79 Å². The predicted octanol–water partition coefficient (Wildman–Crippen LogP) is 3.96. The zero-order chi connectivity index (χ0) is 12.7. The van der Waals surface area contributed by atoms with Crippen LogP contribution in [-0.4, -0.2) is 10.8 Å². The van der Waals surface area contributed by atoms with Crippen LogP contribution in [0.15, 0.2) is 28.2 Å². The van der Waals surface area contributed by atoms with E-state index in [1.807, 2.05) is 0 Å². The molecule has 0 amide bonds. The Morgan fingerprint density at radius 1 is 1.33 bits per heavy atom. The van der Waals surface area contributed by atoms with Crippen molar-refractivity contribution in [3.8, 4) is 0 Å². The molecule has 1 aliphatic rings. The van der Waals surface area contributed by atoms with E-state index < -0.39 is 0 Å². The van der Waals surface area contributed by atoms with Crippen molar-refractivity contribution in [3.63, 3.8) is 0 Å². The number of fused-ring (bicyclic) bond motifs is 1. The summed E-state index contributed by atoms with van der Waals surface area (Å²) in [7, 11) is 0. The third-order valence-corrected chi connectivity index (χ3v) is 4.73. The molecular weight excluding hydrogens is 317 g/mol. The van der Waals surface area contributed by atoms with Gasteiger partial charge in [0.05, 0.1) is 10.6 Å². The fraction of sp³-hybridized carbons (Fsp3) is 0.231. The molecule has 1 unspecified atom stereocenters. The van der Waals surface area contributed by atoms with Gasteiger partial charge in [-0.05, 0) is 39.9 Å². The monoisotopic (exact) mass is 325 g/mol. The van der Waals surface area contributed by atoms with Crippen molar-refractivity contribution in [2.24, 2.45) is 0 Å². The van der Waals surface area contributed by atoms with Gasteiger partial charge in [0.25, 0.3) is 0 Å². The predicted molar refractivity (Wildman–Crippen MR) is 71.6 cm³/mol. The fourth-order valence-corrected chi connectivity index (χ4v) is 3.80. The van der Waals surface area contributed by atoms with Gasteiger partial charge < -0.3 is 0 Å². The Kier molecular flexibility index (Phi) is 3.03. The number of benzene rings is 1. The number of rotatable bonds is 1. The van der Waals surface area contributed by atoms with Gasteiger partial charge in [-0.15, -0.1) is 11.3 Å². The summed E-state index contributed by atoms with van der Waals surface area (Å²) < 4.78 is 14.5. The van der Waals surface area contributed by atoms with E-state index in [4.69, 9.17) is 0 Å². The molecular formula is C13H9BrFNOS. The Bertz CT molecular complexity index is 625. The third kappa shape index (κ3) is 2.01. The standard InChI is InChI=1S/C13H9BrFNOS/c14-13-16-10-5-7(6-11(17)12(10)18-13)8-3-1-2-4-9(8)15/h1-4,7H,5-6H2. The van der Waals surface area contributed by atoms with Gasteiger partial charge in [-0.25, -0.2) is 9.37 Å². The molecule has 0 aliphatic heterocycles. The highest BCUT2D eigenvalue weighted by molar-refractivity contribution is 9.11. The summed E-state index contributed by atoms with van der Waals surface area (Å²) >= 11 is 4.65. The summed E-state index contributed by atoms with van der Waals surface area (Å²) in [5, 5.41) is 0. The summed E-state index contributed by atoms with van der Waals surface area (Å²) in [5.41, 5.74) is 1.40. The van der Waals surface area contributed by atoms with Crippen LogP contribution >= 0.6 is 27.3 Å². The third-order valence-electron chi connectivity index (χ3n) is 3.14. The first-order valence-electron chi connectivity index (χ1n) is 5.58. The largest absolute Gasteiger partial charge is 0.293 e. The molecule has 0 spiro atoms. The molecule has 3 rings (SSSR count). The zero-order valence-corrected chi connectivity index (χ0v) is 11.7. The Labute approximate surface area is 116 Å². The van der Waals surface area contributed by atoms with Crippen molar-refractivity contribution in [2.75, 3.05) is 0 Å². The minimum Gasteiger partial charge on any atom is -0.293 e. The van der Waals surface area contributed by atoms with Crippen LogP contribution in [0.25, 0.3) is 0 Å². The number of carbonyl (C=O) groups is 1. The maximum absolute atomic E-state index is 13.7. The topological polar surface area (TPSA) is 30.0 Å². The van der Waals surface area contributed by atoms with E-state index in [0.717, 1.165) is 14.5 Å². The summed E-state index contributed by atoms with van der Waals surface area (Å²) in [6.07, 6.45) is 0.993. The van der Waals surface area contributed by atoms with E-state index in [9.17, 15) is 9.18 Å². The summed E-state index contributed by atoms with van der Waals surface area (Å²) in [6, 6.07) is 6.65. The minimum absolute atomic E-state index is 0.0627. The lowest BCUT2D eigenvalue weighted by Crippen LogP contribution is -2.18. The number of halogens is 2. The van der Waals surface area contributed by atoms with Crippen LogP contribution < -0.4 is 0 Å². The Hall–Kier alpha value is -1.07. The Morgan fingerprint density at radius 3 is 2.89 bits per heavy atom. The molecule has 5 heteroatoms. The van der Waals surface area contributed by atoms with Crippen molar-refractivity contribution in [1.29, 1.82) is 0 Å². The second-order valence-electron chi connectivity index (χ2n) is 4.29. The van der Waals surface area contributed by atoms with E-state index in [1.54, 1.807) is 18.2 Å². The minimum atomic E-state index is -0.243. The average molecular weight is 326 g/mol. The summed E-state index contributed by atoms with van der Waals surface area (Å²) in [4.78, 5) is 17.0. The van der Waals surface area contributed by atoms with Crippen molar-refractivity contribution in [1.82, 2.24) is 4.98 Å². The molecule has 92 valence electrons. The zero-order valence-electron chi connectivity index (χ0n) is 9.32. The first-order valence-corrected chi connectivity index (χ1v) is 7.19. The van der Waals surface area contributed by atoms with Crippen molar-refractivity contribution in [3.05, 3.63) is 50.1 Å². The smallest absolute Gasteiger partial charge is 0.175 e. The quantitative estimate of drug-likeness (QED) is 0.794. The lowest BCUT2D eigenvalue weighted by atomic mass is 9.84. The number of ketones is 1. The normalized spacial score (nSPS) is 18.8. The summed E-state index contributed by atoms with van der Waals surface area (Å²) in [6.45, 7) is 0. The number of thiazole rings is 1. The first-order chi connectivity index (χ1) is 8.65. The van der Waals surface area contributed by atoms with Gasteiger partial charge >= 0.3 is 0 Å². The second-order valence-corrected chi connectivity index (χ2v) is 6.57. The van der Waals surface area contributed by atoms with Crippen LogP contribution in [0.1, 0.15) is 33.3 Å². The molecule has 1 heterocycles. The SMILES string of the molecule is O=C1CC(c2ccccc2F)Cc2nc(Br)sc21. The number of nitrogens with zero attached hydrogens (tertiary/aromatic N) is 1. The van der Waals surface area contributed by atoms with Crippen LogP contribution in [0.3, 0.4) is 0 Å². The number of hydrogen-bond acceptors (Lipinski definition) is 3. The lowest BCUT2D eigenvalue weighted by molar-refractivity contribution is 0.0967. The highest BCUT2D eigenvalue weighted by Crippen LogP contribution is 2.37. The molecule has 1 aromatic heterocycles. The first kappa shape index (κ1) is 12.0. The highest BCUT2D eigenvalue weighted by Gasteiger charge is 2.30. The lowest BCUT2D eigenvalue weighted by Gasteiger charge is -2.20. The second kappa shape index (κ2) is 4.55. The van der Waals surface area contributed by atoms with Crippen molar-refractivity contribution < 1.29 is 9.18 Å². The molecule has 1 aromatic carbocycles. The van der Waals surface area contributed by atoms with Crippen LogP contribution in [0.4, 0.5) is 4.39 Å². The van der Waals surface area contributed by atoms with E-state index >= 15 is 0 Å². The number of carbonyl (C=O) groups excluding carboxylic acids is 1. The number of Topliss-reactive ketones (excluding diaryl/α,β-unsaturated/α-hetero) is 1. The van der Waals surface area contributed by atoms with Crippen LogP contribution in [0, 0.1) is 5.82 Å². The molecule has 18 heavy (non-hydrogen) atoms. The maximum atomic E-state index is 13.7. The van der Waals surface area contributed by atoms with E-state index in [0.29, 0.717) is 18.4 Å². The van der Waals surface area contributed by atoms with Crippen molar-refractivity contribution >= 4 is 33.0 Å². The molecule has 0 bridgehead atoms. The van der Waals surface area contributed by atoms with Gasteiger partial charge in [0.15, 0.2) is 9.70 Å². The number of aromatic nitrogens is 1. The molecule has 0 saturated carbocycles.